The lowest BCUT2D eigenvalue weighted by molar-refractivity contribution is -0.0612. The zero-order valence-corrected chi connectivity index (χ0v) is 18.0. The Morgan fingerprint density at radius 3 is 3.00 bits per heavy atom. The summed E-state index contributed by atoms with van der Waals surface area (Å²) in [6.45, 7) is 1.93. The minimum Gasteiger partial charge on any atom is -0.451 e. The van der Waals surface area contributed by atoms with Crippen molar-refractivity contribution in [3.8, 4) is 0 Å². The van der Waals surface area contributed by atoms with Gasteiger partial charge in [0.2, 0.25) is 0 Å². The van der Waals surface area contributed by atoms with E-state index in [-0.39, 0.29) is 12.4 Å². The van der Waals surface area contributed by atoms with Gasteiger partial charge in [0.05, 0.1) is 11.9 Å². The zero-order valence-electron chi connectivity index (χ0n) is 17.1. The summed E-state index contributed by atoms with van der Waals surface area (Å²) in [6.07, 6.45) is 0.103. The van der Waals surface area contributed by atoms with Crippen LogP contribution >= 0.6 is 7.82 Å². The Balaban J connectivity index is 1.53. The molecule has 2 saturated heterocycles. The van der Waals surface area contributed by atoms with E-state index in [2.05, 4.69) is 15.0 Å². The molecule has 2 aliphatic rings. The summed E-state index contributed by atoms with van der Waals surface area (Å²) in [6, 6.07) is 7.18. The van der Waals surface area contributed by atoms with Crippen molar-refractivity contribution in [2.24, 2.45) is 0 Å². The highest BCUT2D eigenvalue weighted by Gasteiger charge is 2.59. The summed E-state index contributed by atoms with van der Waals surface area (Å²) in [4.78, 5) is 35.8. The number of anilines is 1. The topological polar surface area (TPSA) is 144 Å². The minimum absolute atomic E-state index is 0.0225. The molecule has 1 aromatic carbocycles. The number of carbonyl (C=O) groups excluding carboxylic acids is 1. The number of aryl methyl sites for hydroxylation is 1. The van der Waals surface area contributed by atoms with E-state index >= 15 is 0 Å². The third-order valence-electron chi connectivity index (χ3n) is 5.50. The number of ether oxygens (including phenoxy) is 2. The fraction of sp³-hybridized carbons (Fsp3) is 0.368. The Labute approximate surface area is 184 Å². The lowest BCUT2D eigenvalue weighted by Gasteiger charge is -2.29. The average Bonchev–Trinajstić information content (AvgIpc) is 3.35. The molecule has 4 heterocycles. The van der Waals surface area contributed by atoms with Crippen molar-refractivity contribution in [2.45, 2.75) is 37.9 Å². The summed E-state index contributed by atoms with van der Waals surface area (Å²) in [5.41, 5.74) is 7.96. The maximum Gasteiger partial charge on any atom is 0.488 e. The molecule has 2 aromatic heterocycles. The number of nitrogens with two attached hydrogens (primary N) is 1. The number of hydrogen-bond acceptors (Lipinski definition) is 10. The predicted molar refractivity (Wildman–Crippen MR) is 114 cm³/mol. The first kappa shape index (κ1) is 21.2. The number of aromatic nitrogens is 4. The summed E-state index contributed by atoms with van der Waals surface area (Å²) < 4.78 is 24.4. The monoisotopic (exact) mass is 456 g/mol. The first-order chi connectivity index (χ1) is 15.4. The van der Waals surface area contributed by atoms with Crippen molar-refractivity contribution in [1.82, 2.24) is 19.5 Å². The van der Waals surface area contributed by atoms with Crippen LogP contribution < -0.4 is 5.73 Å². The van der Waals surface area contributed by atoms with Gasteiger partial charge in [-0.15, -0.1) is 0 Å². The number of benzene rings is 1. The Morgan fingerprint density at radius 1 is 1.38 bits per heavy atom. The summed E-state index contributed by atoms with van der Waals surface area (Å²) >= 11 is 0. The van der Waals surface area contributed by atoms with E-state index in [9.17, 15) is 9.69 Å². The second-order valence-corrected chi connectivity index (χ2v) is 9.06. The van der Waals surface area contributed by atoms with E-state index < -0.39 is 38.3 Å². The van der Waals surface area contributed by atoms with Gasteiger partial charge < -0.3 is 15.2 Å². The predicted octanol–water partition coefficient (Wildman–Crippen LogP) is 1.35. The van der Waals surface area contributed by atoms with Gasteiger partial charge in [0, 0.05) is 0 Å². The number of carbonyl (C=O) groups is 1. The highest BCUT2D eigenvalue weighted by Crippen LogP contribution is 2.59. The van der Waals surface area contributed by atoms with Crippen molar-refractivity contribution in [3.63, 3.8) is 0 Å². The Morgan fingerprint density at radius 2 is 2.19 bits per heavy atom. The molecule has 0 bridgehead atoms. The third-order valence-corrected chi connectivity index (χ3v) is 6.57. The van der Waals surface area contributed by atoms with E-state index in [1.807, 2.05) is 19.1 Å². The molecule has 3 N–H and O–H groups in total. The summed E-state index contributed by atoms with van der Waals surface area (Å²) in [5.74, 6) is -0.342. The van der Waals surface area contributed by atoms with E-state index in [1.54, 1.807) is 16.7 Å². The molecular weight excluding hydrogens is 436 g/mol. The Kier molecular flexibility index (Phi) is 5.35. The summed E-state index contributed by atoms with van der Waals surface area (Å²) in [7, 11) is 2.15. The van der Waals surface area contributed by atoms with Crippen LogP contribution in [0.5, 0.6) is 0 Å². The standard InChI is InChI=1S/C19H20BN5O6P/c1-2-10-5-3-4-6-11(10)19(26)30-15-14-12(7-28-32(20,27)31-14)29-18(15)25-9-24-13-16(21)22-8-23-17(13)25/h3-6,8-9,12,14-15,18,27H,2,7H2,1H3,(H2,21,22,23)/q+1/t12-,14+,15?,18-,32?/m1/s1. The number of imidazole rings is 1. The van der Waals surface area contributed by atoms with Crippen LogP contribution in [-0.4, -0.2) is 62.9 Å². The number of fused-ring (bicyclic) bond motifs is 2. The van der Waals surface area contributed by atoms with Crippen LogP contribution in [-0.2, 0) is 24.9 Å². The van der Waals surface area contributed by atoms with Gasteiger partial charge in [-0.25, -0.2) is 24.6 Å². The second kappa shape index (κ2) is 8.06. The first-order valence-corrected chi connectivity index (χ1v) is 11.6. The van der Waals surface area contributed by atoms with Gasteiger partial charge in [-0.1, -0.05) is 25.1 Å². The maximum atomic E-state index is 13.1. The third kappa shape index (κ3) is 3.64. The SMILES string of the molecule is [B][P+]1(O)OC[C@H]2O[C@@H](n3cnc4c(N)ncnc43)C(OC(=O)c3ccccc3CC)[C@H]2O1. The molecule has 2 radical (unpaired) electrons. The van der Waals surface area contributed by atoms with Crippen molar-refractivity contribution in [2.75, 3.05) is 12.3 Å². The number of rotatable bonds is 4. The molecule has 0 aliphatic carbocycles. The van der Waals surface area contributed by atoms with Gasteiger partial charge in [-0.3, -0.25) is 4.57 Å². The molecule has 13 heteroatoms. The van der Waals surface area contributed by atoms with Gasteiger partial charge in [0.15, 0.2) is 29.9 Å². The van der Waals surface area contributed by atoms with Crippen molar-refractivity contribution >= 4 is 38.3 Å². The molecule has 5 rings (SSSR count). The van der Waals surface area contributed by atoms with Crippen LogP contribution in [0.1, 0.15) is 29.1 Å². The molecule has 0 saturated carbocycles. The van der Waals surface area contributed by atoms with Gasteiger partial charge in [0.25, 0.3) is 0 Å². The van der Waals surface area contributed by atoms with E-state index in [0.29, 0.717) is 23.1 Å². The number of nitrogens with zero attached hydrogens (tertiary/aromatic N) is 4. The van der Waals surface area contributed by atoms with Crippen LogP contribution in [0.2, 0.25) is 0 Å². The maximum absolute atomic E-state index is 13.1. The molecule has 11 nitrogen and oxygen atoms in total. The van der Waals surface area contributed by atoms with E-state index in [1.165, 1.54) is 12.7 Å². The Hall–Kier alpha value is -2.63. The zero-order chi connectivity index (χ0) is 22.5. The van der Waals surface area contributed by atoms with E-state index in [4.69, 9.17) is 31.8 Å². The minimum atomic E-state index is -3.58. The number of esters is 1. The van der Waals surface area contributed by atoms with Crippen LogP contribution in [0.15, 0.2) is 36.9 Å². The van der Waals surface area contributed by atoms with Gasteiger partial charge in [-0.05, 0) is 18.1 Å². The smallest absolute Gasteiger partial charge is 0.451 e. The second-order valence-electron chi connectivity index (χ2n) is 7.46. The van der Waals surface area contributed by atoms with Gasteiger partial charge in [0.1, 0.15) is 24.6 Å². The molecule has 2 aliphatic heterocycles. The van der Waals surface area contributed by atoms with E-state index in [0.717, 1.165) is 5.56 Å². The molecule has 3 aromatic rings. The molecule has 32 heavy (non-hydrogen) atoms. The van der Waals surface area contributed by atoms with Gasteiger partial charge in [-0.2, -0.15) is 9.05 Å². The lowest BCUT2D eigenvalue weighted by atomic mass is 10.1. The van der Waals surface area contributed by atoms with Crippen molar-refractivity contribution in [1.29, 1.82) is 0 Å². The molecule has 0 amide bonds. The van der Waals surface area contributed by atoms with Crippen molar-refractivity contribution < 1.29 is 28.2 Å². The van der Waals surface area contributed by atoms with Crippen molar-refractivity contribution in [3.05, 3.63) is 48.0 Å². The normalized spacial score (nSPS) is 29.7. The highest BCUT2D eigenvalue weighted by atomic mass is 31.2. The fourth-order valence-electron chi connectivity index (χ4n) is 3.98. The average molecular weight is 456 g/mol. The molecule has 2 fully saturated rings. The quantitative estimate of drug-likeness (QED) is 0.335. The molecule has 2 unspecified atom stereocenters. The Bertz CT molecular complexity index is 1180. The molecule has 5 atom stereocenters. The lowest BCUT2D eigenvalue weighted by Crippen LogP contribution is -2.42. The van der Waals surface area contributed by atoms with Crippen LogP contribution in [0.25, 0.3) is 11.2 Å². The van der Waals surface area contributed by atoms with Gasteiger partial charge >= 0.3 is 21.4 Å². The highest BCUT2D eigenvalue weighted by molar-refractivity contribution is 7.85. The molecule has 164 valence electrons. The van der Waals surface area contributed by atoms with Crippen LogP contribution in [0.3, 0.4) is 0 Å². The number of nitrogen functional groups attached to an aromatic ring is 1. The largest absolute Gasteiger partial charge is 0.488 e. The molecular formula is C19H20BN5O6P+. The van der Waals surface area contributed by atoms with Crippen LogP contribution in [0.4, 0.5) is 5.82 Å². The fourth-order valence-corrected chi connectivity index (χ4v) is 5.00. The summed E-state index contributed by atoms with van der Waals surface area (Å²) in [5, 5.41) is 0. The van der Waals surface area contributed by atoms with Crippen LogP contribution in [0, 0.1) is 0 Å². The number of hydrogen-bond donors (Lipinski definition) is 2. The molecule has 0 spiro atoms. The first-order valence-electron chi connectivity index (χ1n) is 9.98.